The summed E-state index contributed by atoms with van der Waals surface area (Å²) in [6.07, 6.45) is 4.39. The van der Waals surface area contributed by atoms with Crippen molar-refractivity contribution >= 4 is 5.91 Å². The second-order valence-corrected chi connectivity index (χ2v) is 5.51. The van der Waals surface area contributed by atoms with Gasteiger partial charge in [-0.05, 0) is 30.6 Å². The average Bonchev–Trinajstić information content (AvgIpc) is 2.51. The Labute approximate surface area is 93.8 Å². The van der Waals surface area contributed by atoms with E-state index in [4.69, 9.17) is 0 Å². The van der Waals surface area contributed by atoms with Crippen LogP contribution in [0.1, 0.15) is 53.4 Å². The highest BCUT2D eigenvalue weighted by Crippen LogP contribution is 2.25. The zero-order valence-corrected chi connectivity index (χ0v) is 10.5. The molecule has 2 nitrogen and oxygen atoms in total. The molecule has 0 aromatic rings. The zero-order valence-electron chi connectivity index (χ0n) is 10.5. The lowest BCUT2D eigenvalue weighted by Crippen LogP contribution is -2.37. The van der Waals surface area contributed by atoms with Gasteiger partial charge in [0.15, 0.2) is 0 Å². The third kappa shape index (κ3) is 3.84. The van der Waals surface area contributed by atoms with Gasteiger partial charge in [-0.1, -0.05) is 34.1 Å². The van der Waals surface area contributed by atoms with E-state index in [0.717, 1.165) is 0 Å². The van der Waals surface area contributed by atoms with Crippen molar-refractivity contribution in [2.24, 2.45) is 17.8 Å². The summed E-state index contributed by atoms with van der Waals surface area (Å²) in [5.74, 6) is 2.00. The lowest BCUT2D eigenvalue weighted by atomic mass is 9.94. The molecular weight excluding hydrogens is 186 g/mol. The van der Waals surface area contributed by atoms with E-state index >= 15 is 0 Å². The Bertz CT molecular complexity index is 213. The molecule has 1 aliphatic carbocycles. The fraction of sp³-hybridized carbons (Fsp3) is 0.923. The van der Waals surface area contributed by atoms with E-state index in [-0.39, 0.29) is 5.91 Å². The van der Waals surface area contributed by atoms with Gasteiger partial charge >= 0.3 is 0 Å². The van der Waals surface area contributed by atoms with Gasteiger partial charge < -0.3 is 5.32 Å². The van der Waals surface area contributed by atoms with E-state index in [1.807, 2.05) is 0 Å². The molecule has 88 valence electrons. The molecule has 0 heterocycles. The molecule has 0 bridgehead atoms. The zero-order chi connectivity index (χ0) is 11.4. The van der Waals surface area contributed by atoms with Crippen molar-refractivity contribution in [2.75, 3.05) is 0 Å². The summed E-state index contributed by atoms with van der Waals surface area (Å²) in [6.45, 7) is 8.75. The van der Waals surface area contributed by atoms with Crippen LogP contribution in [0, 0.1) is 17.8 Å². The fourth-order valence-corrected chi connectivity index (χ4v) is 2.15. The first-order chi connectivity index (χ1) is 7.00. The van der Waals surface area contributed by atoms with Gasteiger partial charge in [-0.15, -0.1) is 0 Å². The third-order valence-corrected chi connectivity index (χ3v) is 3.85. The van der Waals surface area contributed by atoms with Crippen LogP contribution >= 0.6 is 0 Å². The summed E-state index contributed by atoms with van der Waals surface area (Å²) in [5.41, 5.74) is 0. The van der Waals surface area contributed by atoms with Crippen LogP contribution in [-0.2, 0) is 4.79 Å². The lowest BCUT2D eigenvalue weighted by Gasteiger charge is -2.20. The van der Waals surface area contributed by atoms with Crippen LogP contribution in [0.3, 0.4) is 0 Å². The summed E-state index contributed by atoms with van der Waals surface area (Å²) in [4.78, 5) is 11.7. The first-order valence-electron chi connectivity index (χ1n) is 6.30. The number of nitrogens with one attached hydrogen (secondary N) is 1. The van der Waals surface area contributed by atoms with Gasteiger partial charge in [-0.2, -0.15) is 0 Å². The molecule has 1 N–H and O–H groups in total. The van der Waals surface area contributed by atoms with Gasteiger partial charge in [0.1, 0.15) is 0 Å². The van der Waals surface area contributed by atoms with Crippen molar-refractivity contribution in [1.29, 1.82) is 0 Å². The molecule has 0 aliphatic heterocycles. The Morgan fingerprint density at radius 3 is 2.47 bits per heavy atom. The summed E-state index contributed by atoms with van der Waals surface area (Å²) in [7, 11) is 0. The summed E-state index contributed by atoms with van der Waals surface area (Å²) < 4.78 is 0. The van der Waals surface area contributed by atoms with E-state index in [2.05, 4.69) is 33.0 Å². The van der Waals surface area contributed by atoms with E-state index < -0.39 is 0 Å². The number of amides is 1. The highest BCUT2D eigenvalue weighted by molar-refractivity contribution is 5.76. The first-order valence-corrected chi connectivity index (χ1v) is 6.30. The predicted octanol–water partition coefficient (Wildman–Crippen LogP) is 2.97. The van der Waals surface area contributed by atoms with E-state index in [9.17, 15) is 4.79 Å². The first kappa shape index (κ1) is 12.5. The number of carbonyl (C=O) groups excluding carboxylic acids is 1. The van der Waals surface area contributed by atoms with Crippen molar-refractivity contribution in [1.82, 2.24) is 5.32 Å². The van der Waals surface area contributed by atoms with Crippen LogP contribution in [0.2, 0.25) is 0 Å². The quantitative estimate of drug-likeness (QED) is 0.761. The lowest BCUT2D eigenvalue weighted by molar-refractivity contribution is -0.123. The van der Waals surface area contributed by atoms with Gasteiger partial charge in [-0.25, -0.2) is 0 Å². The maximum Gasteiger partial charge on any atom is 0.220 e. The normalized spacial score (nSPS) is 28.1. The molecule has 15 heavy (non-hydrogen) atoms. The SMILES string of the molecule is CC(C)[C@H](C)CC(=O)N[C@@H]1CCC[C@@H]1C. The Kier molecular flexibility index (Phi) is 4.62. The molecule has 1 amide bonds. The minimum Gasteiger partial charge on any atom is -0.353 e. The number of hydrogen-bond donors (Lipinski definition) is 1. The Morgan fingerprint density at radius 1 is 1.33 bits per heavy atom. The van der Waals surface area contributed by atoms with Crippen molar-refractivity contribution < 1.29 is 4.79 Å². The summed E-state index contributed by atoms with van der Waals surface area (Å²) in [5, 5.41) is 3.18. The number of hydrogen-bond acceptors (Lipinski definition) is 1. The monoisotopic (exact) mass is 211 g/mol. The topological polar surface area (TPSA) is 29.1 Å². The van der Waals surface area contributed by atoms with E-state index in [0.29, 0.717) is 30.2 Å². The molecule has 1 aliphatic rings. The van der Waals surface area contributed by atoms with Crippen LogP contribution in [-0.4, -0.2) is 11.9 Å². The van der Waals surface area contributed by atoms with Crippen LogP contribution in [0.5, 0.6) is 0 Å². The van der Waals surface area contributed by atoms with Gasteiger partial charge in [0.25, 0.3) is 0 Å². The molecule has 0 radical (unpaired) electrons. The van der Waals surface area contributed by atoms with Gasteiger partial charge in [-0.3, -0.25) is 4.79 Å². The second kappa shape index (κ2) is 5.53. The Morgan fingerprint density at radius 2 is 2.00 bits per heavy atom. The van der Waals surface area contributed by atoms with Crippen molar-refractivity contribution in [3.63, 3.8) is 0 Å². The molecule has 0 spiro atoms. The standard InChI is InChI=1S/C13H25NO/c1-9(2)11(4)8-13(15)14-12-7-5-6-10(12)3/h9-12H,5-8H2,1-4H3,(H,14,15)/t10-,11+,12+/m0/s1. The van der Waals surface area contributed by atoms with Crippen LogP contribution < -0.4 is 5.32 Å². The van der Waals surface area contributed by atoms with Crippen molar-refractivity contribution in [3.05, 3.63) is 0 Å². The predicted molar refractivity (Wildman–Crippen MR) is 63.6 cm³/mol. The number of carbonyl (C=O) groups is 1. The van der Waals surface area contributed by atoms with Crippen LogP contribution in [0.15, 0.2) is 0 Å². The molecule has 0 saturated heterocycles. The van der Waals surface area contributed by atoms with Crippen molar-refractivity contribution in [2.45, 2.75) is 59.4 Å². The van der Waals surface area contributed by atoms with Crippen LogP contribution in [0.4, 0.5) is 0 Å². The molecule has 0 aromatic carbocycles. The summed E-state index contributed by atoms with van der Waals surface area (Å²) in [6, 6.07) is 0.442. The van der Waals surface area contributed by atoms with Crippen molar-refractivity contribution in [3.8, 4) is 0 Å². The minimum atomic E-state index is 0.245. The molecule has 0 unspecified atom stereocenters. The van der Waals surface area contributed by atoms with E-state index in [1.54, 1.807) is 0 Å². The molecule has 3 atom stereocenters. The minimum absolute atomic E-state index is 0.245. The average molecular weight is 211 g/mol. The molecule has 1 saturated carbocycles. The van der Waals surface area contributed by atoms with E-state index in [1.165, 1.54) is 19.3 Å². The maximum absolute atomic E-state index is 11.7. The molecule has 0 aromatic heterocycles. The number of rotatable bonds is 4. The van der Waals surface area contributed by atoms with Gasteiger partial charge in [0.05, 0.1) is 0 Å². The Hall–Kier alpha value is -0.530. The highest BCUT2D eigenvalue weighted by Gasteiger charge is 2.25. The molecule has 1 fully saturated rings. The summed E-state index contributed by atoms with van der Waals surface area (Å²) >= 11 is 0. The smallest absolute Gasteiger partial charge is 0.220 e. The molecule has 1 rings (SSSR count). The highest BCUT2D eigenvalue weighted by atomic mass is 16.1. The van der Waals surface area contributed by atoms with Crippen LogP contribution in [0.25, 0.3) is 0 Å². The van der Waals surface area contributed by atoms with Gasteiger partial charge in [0, 0.05) is 12.5 Å². The second-order valence-electron chi connectivity index (χ2n) is 5.51. The fourth-order valence-electron chi connectivity index (χ4n) is 2.15. The Balaban J connectivity index is 2.29. The third-order valence-electron chi connectivity index (χ3n) is 3.85. The molecule has 2 heteroatoms. The molecular formula is C13H25NO. The maximum atomic E-state index is 11.7. The van der Waals surface area contributed by atoms with Gasteiger partial charge in [0.2, 0.25) is 5.91 Å². The largest absolute Gasteiger partial charge is 0.353 e.